The lowest BCUT2D eigenvalue weighted by atomic mass is 10.0. The number of anilines is 2. The molecular weight excluding hydrogens is 272 g/mol. The second kappa shape index (κ2) is 6.43. The van der Waals surface area contributed by atoms with Crippen LogP contribution in [0.15, 0.2) is 0 Å². The Kier molecular flexibility index (Phi) is 4.86. The number of carbonyl (C=O) groups excluding carboxylic acids is 1. The van der Waals surface area contributed by atoms with Crippen LogP contribution in [0.2, 0.25) is 0 Å². The molecule has 1 saturated heterocycles. The summed E-state index contributed by atoms with van der Waals surface area (Å²) in [5.41, 5.74) is 5.91. The van der Waals surface area contributed by atoms with Crippen LogP contribution in [-0.4, -0.2) is 30.0 Å². The zero-order valence-corrected chi connectivity index (χ0v) is 13.3. The van der Waals surface area contributed by atoms with Gasteiger partial charge < -0.3 is 16.0 Å². The maximum absolute atomic E-state index is 12.3. The molecule has 1 aliphatic heterocycles. The van der Waals surface area contributed by atoms with Crippen molar-refractivity contribution in [3.05, 3.63) is 4.88 Å². The number of hydrogen-bond donors (Lipinski definition) is 2. The minimum absolute atomic E-state index is 0.0988. The SMILES string of the molecule is CCC(C)C(C)NC(=O)c1sc(N2CCCC2)nc1N. The van der Waals surface area contributed by atoms with Crippen LogP contribution in [0.4, 0.5) is 10.9 Å². The van der Waals surface area contributed by atoms with Gasteiger partial charge in [0.15, 0.2) is 5.13 Å². The zero-order valence-electron chi connectivity index (χ0n) is 12.5. The highest BCUT2D eigenvalue weighted by Gasteiger charge is 2.23. The van der Waals surface area contributed by atoms with Gasteiger partial charge in [-0.1, -0.05) is 31.6 Å². The number of aromatic nitrogens is 1. The van der Waals surface area contributed by atoms with E-state index < -0.39 is 0 Å². The summed E-state index contributed by atoms with van der Waals surface area (Å²) >= 11 is 1.40. The van der Waals surface area contributed by atoms with E-state index in [4.69, 9.17) is 5.73 Å². The lowest BCUT2D eigenvalue weighted by molar-refractivity contribution is 0.0933. The molecule has 0 aliphatic carbocycles. The summed E-state index contributed by atoms with van der Waals surface area (Å²) in [4.78, 5) is 19.4. The average Bonchev–Trinajstić information content (AvgIpc) is 3.06. The third-order valence-electron chi connectivity index (χ3n) is 4.08. The van der Waals surface area contributed by atoms with E-state index in [-0.39, 0.29) is 11.9 Å². The van der Waals surface area contributed by atoms with Gasteiger partial charge in [0.05, 0.1) is 0 Å². The van der Waals surface area contributed by atoms with Gasteiger partial charge in [0.25, 0.3) is 5.91 Å². The fourth-order valence-electron chi connectivity index (χ4n) is 2.29. The van der Waals surface area contributed by atoms with Gasteiger partial charge in [-0.15, -0.1) is 0 Å². The number of nitrogens with two attached hydrogens (primary N) is 1. The molecule has 1 aromatic heterocycles. The van der Waals surface area contributed by atoms with E-state index in [0.29, 0.717) is 16.6 Å². The number of thiazole rings is 1. The van der Waals surface area contributed by atoms with E-state index in [1.54, 1.807) is 0 Å². The van der Waals surface area contributed by atoms with Crippen molar-refractivity contribution in [2.45, 2.75) is 46.1 Å². The topological polar surface area (TPSA) is 71.2 Å². The maximum atomic E-state index is 12.3. The second-order valence-electron chi connectivity index (χ2n) is 5.55. The molecule has 5 nitrogen and oxygen atoms in total. The van der Waals surface area contributed by atoms with Crippen LogP contribution in [0.1, 0.15) is 49.7 Å². The van der Waals surface area contributed by atoms with Gasteiger partial charge in [0.2, 0.25) is 0 Å². The van der Waals surface area contributed by atoms with Crippen molar-refractivity contribution in [2.24, 2.45) is 5.92 Å². The van der Waals surface area contributed by atoms with Gasteiger partial charge in [0.1, 0.15) is 10.7 Å². The van der Waals surface area contributed by atoms with E-state index in [9.17, 15) is 4.79 Å². The summed E-state index contributed by atoms with van der Waals surface area (Å²) in [6.07, 6.45) is 3.41. The number of carbonyl (C=O) groups is 1. The fraction of sp³-hybridized carbons (Fsp3) is 0.714. The second-order valence-corrected chi connectivity index (χ2v) is 6.53. The quantitative estimate of drug-likeness (QED) is 0.875. The summed E-state index contributed by atoms with van der Waals surface area (Å²) < 4.78 is 0. The lowest BCUT2D eigenvalue weighted by Gasteiger charge is -2.19. The molecule has 1 amide bonds. The molecule has 2 atom stereocenters. The summed E-state index contributed by atoms with van der Waals surface area (Å²) in [6, 6.07) is 0.143. The van der Waals surface area contributed by atoms with Crippen molar-refractivity contribution < 1.29 is 4.79 Å². The number of nitrogens with one attached hydrogen (secondary N) is 1. The molecule has 2 heterocycles. The Labute approximate surface area is 124 Å². The highest BCUT2D eigenvalue weighted by Crippen LogP contribution is 2.30. The van der Waals surface area contributed by atoms with Gasteiger partial charge >= 0.3 is 0 Å². The normalized spacial score (nSPS) is 18.1. The van der Waals surface area contributed by atoms with E-state index in [1.807, 2.05) is 6.92 Å². The molecule has 0 radical (unpaired) electrons. The van der Waals surface area contributed by atoms with Crippen LogP contribution in [0.3, 0.4) is 0 Å². The summed E-state index contributed by atoms with van der Waals surface area (Å²) in [7, 11) is 0. The standard InChI is InChI=1S/C14H24N4OS/c1-4-9(2)10(3)16-13(19)11-12(15)17-14(20-11)18-7-5-6-8-18/h9-10H,4-8,15H2,1-3H3,(H,16,19). The van der Waals surface area contributed by atoms with Crippen LogP contribution < -0.4 is 16.0 Å². The van der Waals surface area contributed by atoms with Crippen molar-refractivity contribution in [3.63, 3.8) is 0 Å². The molecular formula is C14H24N4OS. The lowest BCUT2D eigenvalue weighted by Crippen LogP contribution is -2.36. The van der Waals surface area contributed by atoms with Gasteiger partial charge in [-0.25, -0.2) is 4.98 Å². The van der Waals surface area contributed by atoms with Crippen LogP contribution in [0.25, 0.3) is 0 Å². The molecule has 20 heavy (non-hydrogen) atoms. The minimum Gasteiger partial charge on any atom is -0.382 e. The predicted octanol–water partition coefficient (Wildman–Crippen LogP) is 2.49. The third-order valence-corrected chi connectivity index (χ3v) is 5.21. The summed E-state index contributed by atoms with van der Waals surface area (Å²) in [5.74, 6) is 0.704. The van der Waals surface area contributed by atoms with Crippen molar-refractivity contribution in [1.82, 2.24) is 10.3 Å². The van der Waals surface area contributed by atoms with Gasteiger partial charge in [-0.05, 0) is 25.7 Å². The largest absolute Gasteiger partial charge is 0.382 e. The molecule has 112 valence electrons. The first-order valence-corrected chi connectivity index (χ1v) is 8.16. The zero-order chi connectivity index (χ0) is 14.7. The van der Waals surface area contributed by atoms with E-state index in [0.717, 1.165) is 24.6 Å². The van der Waals surface area contributed by atoms with E-state index in [1.165, 1.54) is 24.2 Å². The van der Waals surface area contributed by atoms with Crippen LogP contribution in [0, 0.1) is 5.92 Å². The van der Waals surface area contributed by atoms with Crippen LogP contribution in [-0.2, 0) is 0 Å². The Morgan fingerprint density at radius 1 is 1.45 bits per heavy atom. The van der Waals surface area contributed by atoms with Crippen molar-refractivity contribution >= 4 is 28.2 Å². The molecule has 1 fully saturated rings. The van der Waals surface area contributed by atoms with Gasteiger partial charge in [-0.3, -0.25) is 4.79 Å². The summed E-state index contributed by atoms with van der Waals surface area (Å²) in [6.45, 7) is 8.32. The highest BCUT2D eigenvalue weighted by atomic mass is 32.1. The molecule has 0 bridgehead atoms. The fourth-order valence-corrected chi connectivity index (χ4v) is 3.23. The smallest absolute Gasteiger partial charge is 0.265 e. The van der Waals surface area contributed by atoms with Gasteiger partial charge in [-0.2, -0.15) is 0 Å². The predicted molar refractivity (Wildman–Crippen MR) is 84.4 cm³/mol. The Morgan fingerprint density at radius 3 is 2.70 bits per heavy atom. The molecule has 0 spiro atoms. The maximum Gasteiger partial charge on any atom is 0.265 e. The number of nitrogen functional groups attached to an aromatic ring is 1. The third kappa shape index (κ3) is 3.23. The van der Waals surface area contributed by atoms with E-state index in [2.05, 4.69) is 29.0 Å². The van der Waals surface area contributed by atoms with Crippen molar-refractivity contribution in [1.29, 1.82) is 0 Å². The number of amides is 1. The Morgan fingerprint density at radius 2 is 2.10 bits per heavy atom. The van der Waals surface area contributed by atoms with Gasteiger partial charge in [0, 0.05) is 19.1 Å². The first-order valence-electron chi connectivity index (χ1n) is 7.35. The molecule has 2 unspecified atom stereocenters. The first kappa shape index (κ1) is 15.1. The molecule has 1 aromatic rings. The van der Waals surface area contributed by atoms with Crippen LogP contribution in [0.5, 0.6) is 0 Å². The minimum atomic E-state index is -0.0988. The monoisotopic (exact) mass is 296 g/mol. The Bertz CT molecular complexity index is 468. The number of rotatable bonds is 5. The highest BCUT2D eigenvalue weighted by molar-refractivity contribution is 7.18. The molecule has 0 saturated carbocycles. The average molecular weight is 296 g/mol. The first-order chi connectivity index (χ1) is 9.52. The molecule has 6 heteroatoms. The summed E-state index contributed by atoms with van der Waals surface area (Å²) in [5, 5.41) is 3.90. The van der Waals surface area contributed by atoms with Crippen molar-refractivity contribution in [3.8, 4) is 0 Å². The molecule has 0 aromatic carbocycles. The number of nitrogens with zero attached hydrogens (tertiary/aromatic N) is 2. The van der Waals surface area contributed by atoms with E-state index >= 15 is 0 Å². The van der Waals surface area contributed by atoms with Crippen molar-refractivity contribution in [2.75, 3.05) is 23.7 Å². The Hall–Kier alpha value is -1.30. The molecule has 1 aliphatic rings. The molecule has 3 N–H and O–H groups in total. The molecule has 2 rings (SSSR count). The van der Waals surface area contributed by atoms with Crippen LogP contribution >= 0.6 is 11.3 Å². The Balaban J connectivity index is 2.06. The number of hydrogen-bond acceptors (Lipinski definition) is 5.